The van der Waals surface area contributed by atoms with Gasteiger partial charge < -0.3 is 14.2 Å². The van der Waals surface area contributed by atoms with Gasteiger partial charge in [-0.1, -0.05) is 283 Å². The molecule has 0 aliphatic rings. The van der Waals surface area contributed by atoms with E-state index in [1.54, 1.807) is 0 Å². The van der Waals surface area contributed by atoms with Crippen molar-refractivity contribution in [2.24, 2.45) is 0 Å². The Kier molecular flexibility index (Phi) is 54.7. The van der Waals surface area contributed by atoms with Gasteiger partial charge in [-0.2, -0.15) is 0 Å². The van der Waals surface area contributed by atoms with Crippen molar-refractivity contribution in [3.05, 3.63) is 24.3 Å². The third-order valence-corrected chi connectivity index (χ3v) is 13.5. The Morgan fingerprint density at radius 1 is 0.299 bits per heavy atom. The molecule has 0 aliphatic carbocycles. The molecule has 67 heavy (non-hydrogen) atoms. The number of unbranched alkanes of at least 4 members (excludes halogenated alkanes) is 40. The van der Waals surface area contributed by atoms with Gasteiger partial charge in [0, 0.05) is 19.3 Å². The first-order valence-electron chi connectivity index (χ1n) is 29.8. The lowest BCUT2D eigenvalue weighted by Gasteiger charge is -2.18. The van der Waals surface area contributed by atoms with E-state index in [2.05, 4.69) is 45.1 Å². The molecule has 0 aromatic rings. The minimum atomic E-state index is -0.772. The highest BCUT2D eigenvalue weighted by molar-refractivity contribution is 5.71. The van der Waals surface area contributed by atoms with E-state index in [9.17, 15) is 14.4 Å². The third-order valence-electron chi connectivity index (χ3n) is 13.5. The van der Waals surface area contributed by atoms with Gasteiger partial charge in [0.15, 0.2) is 6.10 Å². The molecule has 0 bridgehead atoms. The highest BCUT2D eigenvalue weighted by Gasteiger charge is 2.19. The number of ether oxygens (including phenoxy) is 3. The van der Waals surface area contributed by atoms with E-state index in [0.29, 0.717) is 19.3 Å². The fourth-order valence-electron chi connectivity index (χ4n) is 8.95. The predicted octanol–water partition coefficient (Wildman–Crippen LogP) is 19.9. The van der Waals surface area contributed by atoms with Crippen molar-refractivity contribution in [3.8, 4) is 0 Å². The average molecular weight is 944 g/mol. The topological polar surface area (TPSA) is 78.9 Å². The lowest BCUT2D eigenvalue weighted by Crippen LogP contribution is -2.30. The molecule has 0 aromatic heterocycles. The van der Waals surface area contributed by atoms with Crippen LogP contribution in [0.25, 0.3) is 0 Å². The second-order valence-corrected chi connectivity index (χ2v) is 20.3. The summed E-state index contributed by atoms with van der Waals surface area (Å²) in [5, 5.41) is 0. The number of esters is 3. The van der Waals surface area contributed by atoms with Crippen LogP contribution in [0.15, 0.2) is 24.3 Å². The third kappa shape index (κ3) is 54.7. The Labute approximate surface area is 417 Å². The predicted molar refractivity (Wildman–Crippen MR) is 289 cm³/mol. The summed E-state index contributed by atoms with van der Waals surface area (Å²) in [6.07, 6.45) is 66.0. The summed E-state index contributed by atoms with van der Waals surface area (Å²) in [4.78, 5) is 38.2. The fourth-order valence-corrected chi connectivity index (χ4v) is 8.95. The summed E-state index contributed by atoms with van der Waals surface area (Å²) in [5.74, 6) is -0.860. The minimum absolute atomic E-state index is 0.0699. The molecule has 0 heterocycles. The van der Waals surface area contributed by atoms with E-state index >= 15 is 0 Å². The Hall–Kier alpha value is -2.11. The molecule has 0 N–H and O–H groups in total. The molecule has 0 saturated carbocycles. The number of carbonyl (C=O) groups excluding carboxylic acids is 3. The van der Waals surface area contributed by atoms with Gasteiger partial charge in [0.2, 0.25) is 0 Å². The van der Waals surface area contributed by atoms with Crippen LogP contribution >= 0.6 is 0 Å². The molecular weight excluding hydrogens is 829 g/mol. The average Bonchev–Trinajstić information content (AvgIpc) is 3.33. The van der Waals surface area contributed by atoms with Crippen LogP contribution in [-0.4, -0.2) is 37.2 Å². The molecular formula is C61H114O6. The maximum atomic E-state index is 12.9. The van der Waals surface area contributed by atoms with Crippen LogP contribution in [0.4, 0.5) is 0 Å². The van der Waals surface area contributed by atoms with Crippen molar-refractivity contribution in [2.45, 2.75) is 335 Å². The largest absolute Gasteiger partial charge is 0.462 e. The first kappa shape index (κ1) is 64.9. The molecule has 1 unspecified atom stereocenters. The maximum Gasteiger partial charge on any atom is 0.306 e. The second kappa shape index (κ2) is 56.5. The van der Waals surface area contributed by atoms with Crippen LogP contribution in [0.1, 0.15) is 329 Å². The molecule has 6 nitrogen and oxygen atoms in total. The zero-order valence-electron chi connectivity index (χ0n) is 45.2. The molecule has 0 aromatic carbocycles. The van der Waals surface area contributed by atoms with Crippen molar-refractivity contribution in [1.82, 2.24) is 0 Å². The van der Waals surface area contributed by atoms with Gasteiger partial charge >= 0.3 is 17.9 Å². The molecule has 0 saturated heterocycles. The monoisotopic (exact) mass is 943 g/mol. The summed E-state index contributed by atoms with van der Waals surface area (Å²) in [6, 6.07) is 0. The standard InChI is InChI=1S/C61H114O6/c1-4-7-10-13-16-19-22-25-28-30-31-34-36-39-42-45-48-51-54-60(63)66-57-58(56-65-59(62)53-50-47-44-41-38-35-32-27-24-21-18-15-12-9-6-3)67-61(64)55-52-49-46-43-40-37-33-29-26-23-20-17-14-11-8-5-2/h18,21,27,32,58H,4-17,19-20,22-26,28-31,33-57H2,1-3H3/b21-18-,32-27-. The van der Waals surface area contributed by atoms with Crippen LogP contribution in [0, 0.1) is 0 Å². The van der Waals surface area contributed by atoms with Crippen LogP contribution in [-0.2, 0) is 28.6 Å². The van der Waals surface area contributed by atoms with Gasteiger partial charge in [-0.3, -0.25) is 14.4 Å². The Morgan fingerprint density at radius 2 is 0.537 bits per heavy atom. The van der Waals surface area contributed by atoms with E-state index < -0.39 is 6.10 Å². The zero-order chi connectivity index (χ0) is 48.6. The number of allylic oxidation sites excluding steroid dienone is 4. The molecule has 394 valence electrons. The Balaban J connectivity index is 4.33. The van der Waals surface area contributed by atoms with Crippen molar-refractivity contribution in [2.75, 3.05) is 13.2 Å². The molecule has 0 radical (unpaired) electrons. The van der Waals surface area contributed by atoms with Gasteiger partial charge in [0.1, 0.15) is 13.2 Å². The van der Waals surface area contributed by atoms with Crippen molar-refractivity contribution in [1.29, 1.82) is 0 Å². The SMILES string of the molecule is CCCCC/C=C\C/C=C\CCCCCCCC(=O)OCC(COC(=O)CCCCCCCCCCCCCCCCCCCC)OC(=O)CCCCCCCCCCCCCCCCCC. The van der Waals surface area contributed by atoms with Gasteiger partial charge in [0.25, 0.3) is 0 Å². The van der Waals surface area contributed by atoms with Crippen molar-refractivity contribution < 1.29 is 28.6 Å². The summed E-state index contributed by atoms with van der Waals surface area (Å²) in [5.41, 5.74) is 0. The number of hydrogen-bond donors (Lipinski definition) is 0. The highest BCUT2D eigenvalue weighted by atomic mass is 16.6. The van der Waals surface area contributed by atoms with Crippen LogP contribution in [0.5, 0.6) is 0 Å². The molecule has 0 fully saturated rings. The molecule has 0 spiro atoms. The maximum absolute atomic E-state index is 12.9. The zero-order valence-corrected chi connectivity index (χ0v) is 45.2. The normalized spacial score (nSPS) is 12.1. The number of rotatable bonds is 55. The Morgan fingerprint density at radius 3 is 0.851 bits per heavy atom. The van der Waals surface area contributed by atoms with Crippen LogP contribution < -0.4 is 0 Å². The van der Waals surface area contributed by atoms with Gasteiger partial charge in [-0.15, -0.1) is 0 Å². The van der Waals surface area contributed by atoms with Crippen LogP contribution in [0.2, 0.25) is 0 Å². The van der Waals surface area contributed by atoms with E-state index in [1.807, 2.05) is 0 Å². The second-order valence-electron chi connectivity index (χ2n) is 20.3. The molecule has 0 rings (SSSR count). The molecule has 1 atom stereocenters. The highest BCUT2D eigenvalue weighted by Crippen LogP contribution is 2.17. The van der Waals surface area contributed by atoms with Gasteiger partial charge in [-0.25, -0.2) is 0 Å². The first-order valence-corrected chi connectivity index (χ1v) is 29.8. The Bertz CT molecular complexity index is 1080. The smallest absolute Gasteiger partial charge is 0.306 e. The van der Waals surface area contributed by atoms with Gasteiger partial charge in [-0.05, 0) is 51.4 Å². The molecule has 6 heteroatoms. The van der Waals surface area contributed by atoms with Crippen molar-refractivity contribution in [3.63, 3.8) is 0 Å². The van der Waals surface area contributed by atoms with E-state index in [4.69, 9.17) is 14.2 Å². The number of hydrogen-bond acceptors (Lipinski definition) is 6. The first-order chi connectivity index (χ1) is 33.0. The van der Waals surface area contributed by atoms with E-state index in [1.165, 1.54) is 212 Å². The lowest BCUT2D eigenvalue weighted by molar-refractivity contribution is -0.167. The summed E-state index contributed by atoms with van der Waals surface area (Å²) in [6.45, 7) is 6.66. The minimum Gasteiger partial charge on any atom is -0.462 e. The van der Waals surface area contributed by atoms with Crippen molar-refractivity contribution >= 4 is 17.9 Å². The number of carbonyl (C=O) groups is 3. The molecule has 0 aliphatic heterocycles. The lowest BCUT2D eigenvalue weighted by atomic mass is 10.0. The van der Waals surface area contributed by atoms with Gasteiger partial charge in [0.05, 0.1) is 0 Å². The van der Waals surface area contributed by atoms with Crippen LogP contribution in [0.3, 0.4) is 0 Å². The summed E-state index contributed by atoms with van der Waals surface area (Å²) < 4.78 is 16.9. The van der Waals surface area contributed by atoms with E-state index in [-0.39, 0.29) is 31.1 Å². The molecule has 0 amide bonds. The van der Waals surface area contributed by atoms with E-state index in [0.717, 1.165) is 77.0 Å². The summed E-state index contributed by atoms with van der Waals surface area (Å²) >= 11 is 0. The quantitative estimate of drug-likeness (QED) is 0.0262. The summed E-state index contributed by atoms with van der Waals surface area (Å²) in [7, 11) is 0. The fraction of sp³-hybridized carbons (Fsp3) is 0.885.